The lowest BCUT2D eigenvalue weighted by molar-refractivity contribution is -0.180. The number of ether oxygens (including phenoxy) is 2. The van der Waals surface area contributed by atoms with Crippen LogP contribution in [0.15, 0.2) is 48.5 Å². The average molecular weight is 483 g/mol. The highest BCUT2D eigenvalue weighted by atomic mass is 32.2. The number of fused-ring (bicyclic) bond motifs is 2. The van der Waals surface area contributed by atoms with Gasteiger partial charge in [0.05, 0.1) is 18.2 Å². The SMILES string of the molecule is COc1ccc(COC(=O)C2N3C(=O)C(N4C(=O)c5ccccc5C4=O)[C@H]3SC[C@@]2(C)O)cc1. The van der Waals surface area contributed by atoms with Crippen LogP contribution in [0.1, 0.15) is 33.2 Å². The first-order chi connectivity index (χ1) is 16.2. The minimum absolute atomic E-state index is 0.0446. The Labute approximate surface area is 199 Å². The van der Waals surface area contributed by atoms with E-state index in [9.17, 15) is 24.3 Å². The fourth-order valence-electron chi connectivity index (χ4n) is 4.57. The highest BCUT2D eigenvalue weighted by Crippen LogP contribution is 2.46. The molecule has 2 fully saturated rings. The van der Waals surface area contributed by atoms with Gasteiger partial charge in [-0.2, -0.15) is 0 Å². The average Bonchev–Trinajstić information content (AvgIpc) is 3.08. The van der Waals surface area contributed by atoms with Gasteiger partial charge in [-0.25, -0.2) is 4.79 Å². The summed E-state index contributed by atoms with van der Waals surface area (Å²) in [7, 11) is 1.55. The maximum absolute atomic E-state index is 13.2. The highest BCUT2D eigenvalue weighted by Gasteiger charge is 2.65. The molecule has 2 aromatic carbocycles. The van der Waals surface area contributed by atoms with Crippen molar-refractivity contribution < 1.29 is 33.8 Å². The number of carbonyl (C=O) groups excluding carboxylic acids is 4. The normalized spacial score (nSPS) is 27.7. The number of nitrogens with zero attached hydrogens (tertiary/aromatic N) is 2. The molecule has 176 valence electrons. The van der Waals surface area contributed by atoms with Crippen LogP contribution in [0.3, 0.4) is 0 Å². The van der Waals surface area contributed by atoms with Crippen molar-refractivity contribution in [3.8, 4) is 5.75 Å². The van der Waals surface area contributed by atoms with E-state index in [2.05, 4.69) is 0 Å². The summed E-state index contributed by atoms with van der Waals surface area (Å²) in [6.45, 7) is 1.43. The molecule has 0 radical (unpaired) electrons. The van der Waals surface area contributed by atoms with Crippen LogP contribution >= 0.6 is 11.8 Å². The van der Waals surface area contributed by atoms with E-state index in [4.69, 9.17) is 9.47 Å². The number of rotatable bonds is 5. The molecule has 34 heavy (non-hydrogen) atoms. The Kier molecular flexibility index (Phi) is 5.37. The number of hydrogen-bond donors (Lipinski definition) is 1. The molecule has 4 atom stereocenters. The molecule has 5 rings (SSSR count). The van der Waals surface area contributed by atoms with Crippen LogP contribution in [-0.2, 0) is 20.9 Å². The number of carbonyl (C=O) groups is 4. The minimum Gasteiger partial charge on any atom is -0.497 e. The van der Waals surface area contributed by atoms with Crippen molar-refractivity contribution in [1.82, 2.24) is 9.80 Å². The molecule has 0 spiro atoms. The zero-order chi connectivity index (χ0) is 24.2. The van der Waals surface area contributed by atoms with Gasteiger partial charge in [0.25, 0.3) is 17.7 Å². The van der Waals surface area contributed by atoms with Crippen molar-refractivity contribution in [3.63, 3.8) is 0 Å². The van der Waals surface area contributed by atoms with E-state index in [1.807, 2.05) is 0 Å². The highest BCUT2D eigenvalue weighted by molar-refractivity contribution is 8.00. The van der Waals surface area contributed by atoms with Crippen molar-refractivity contribution in [2.24, 2.45) is 0 Å². The third-order valence-corrected chi connectivity index (χ3v) is 7.91. The zero-order valence-corrected chi connectivity index (χ0v) is 19.3. The number of β-lactam (4-membered cyclic amide) rings is 1. The summed E-state index contributed by atoms with van der Waals surface area (Å²) < 4.78 is 10.6. The van der Waals surface area contributed by atoms with Gasteiger partial charge in [-0.1, -0.05) is 24.3 Å². The number of methoxy groups -OCH3 is 1. The fourth-order valence-corrected chi connectivity index (χ4v) is 6.04. The van der Waals surface area contributed by atoms with E-state index in [0.29, 0.717) is 5.75 Å². The Morgan fingerprint density at radius 3 is 2.29 bits per heavy atom. The molecule has 3 amide bonds. The fraction of sp³-hybridized carbons (Fsp3) is 0.333. The largest absolute Gasteiger partial charge is 0.497 e. The number of hydrogen-bond acceptors (Lipinski definition) is 8. The second kappa shape index (κ2) is 8.14. The van der Waals surface area contributed by atoms with E-state index in [0.717, 1.165) is 10.5 Å². The van der Waals surface area contributed by atoms with E-state index in [-0.39, 0.29) is 23.5 Å². The van der Waals surface area contributed by atoms with Crippen LogP contribution in [0.4, 0.5) is 0 Å². The summed E-state index contributed by atoms with van der Waals surface area (Å²) in [6, 6.07) is 11.1. The Morgan fingerprint density at radius 1 is 1.09 bits per heavy atom. The van der Waals surface area contributed by atoms with E-state index < -0.39 is 46.7 Å². The third-order valence-electron chi connectivity index (χ3n) is 6.33. The lowest BCUT2D eigenvalue weighted by Crippen LogP contribution is -2.79. The molecule has 1 N–H and O–H groups in total. The first-order valence-electron chi connectivity index (χ1n) is 10.7. The van der Waals surface area contributed by atoms with E-state index >= 15 is 0 Å². The van der Waals surface area contributed by atoms with Crippen molar-refractivity contribution in [3.05, 3.63) is 65.2 Å². The number of amides is 3. The number of benzene rings is 2. The summed E-state index contributed by atoms with van der Waals surface area (Å²) in [4.78, 5) is 54.2. The Morgan fingerprint density at radius 2 is 1.71 bits per heavy atom. The predicted molar refractivity (Wildman–Crippen MR) is 121 cm³/mol. The second-order valence-corrected chi connectivity index (χ2v) is 9.74. The molecule has 3 heterocycles. The molecule has 0 bridgehead atoms. The van der Waals surface area contributed by atoms with Crippen LogP contribution in [0.2, 0.25) is 0 Å². The van der Waals surface area contributed by atoms with Gasteiger partial charge in [0.1, 0.15) is 29.4 Å². The smallest absolute Gasteiger partial charge is 0.332 e. The summed E-state index contributed by atoms with van der Waals surface area (Å²) in [5.41, 5.74) is -0.320. The lowest BCUT2D eigenvalue weighted by atomic mass is 9.90. The molecule has 0 saturated carbocycles. The number of esters is 1. The second-order valence-electron chi connectivity index (χ2n) is 8.63. The zero-order valence-electron chi connectivity index (χ0n) is 18.5. The lowest BCUT2D eigenvalue weighted by Gasteiger charge is -2.57. The Bertz CT molecular complexity index is 1160. The monoisotopic (exact) mass is 482 g/mol. The molecule has 9 nitrogen and oxygen atoms in total. The summed E-state index contributed by atoms with van der Waals surface area (Å²) in [6.07, 6.45) is 0. The van der Waals surface area contributed by atoms with E-state index in [1.54, 1.807) is 55.6 Å². The molecule has 10 heteroatoms. The molecule has 0 aliphatic carbocycles. The molecule has 2 saturated heterocycles. The predicted octanol–water partition coefficient (Wildman–Crippen LogP) is 1.44. The standard InChI is InChI=1S/C24H22N2O7S/c1-24(31)12-34-22-17(25-19(27)15-5-3-4-6-16(15)20(25)28)21(29)26(22)18(24)23(30)33-11-13-7-9-14(32-2)10-8-13/h3-10,17-18,22,31H,11-12H2,1-2H3/t17?,18?,22-,24-/m1/s1. The van der Waals surface area contributed by atoms with Gasteiger partial charge >= 0.3 is 5.97 Å². The minimum atomic E-state index is -1.54. The number of aliphatic hydroxyl groups is 1. The summed E-state index contributed by atoms with van der Waals surface area (Å²) in [5.74, 6) is -1.59. The number of imide groups is 1. The maximum atomic E-state index is 13.2. The first-order valence-corrected chi connectivity index (χ1v) is 11.7. The summed E-state index contributed by atoms with van der Waals surface area (Å²) in [5, 5.41) is 10.3. The molecule has 2 aromatic rings. The molecule has 0 aromatic heterocycles. The van der Waals surface area contributed by atoms with Gasteiger partial charge in [0.2, 0.25) is 0 Å². The quantitative estimate of drug-likeness (QED) is 0.387. The van der Waals surface area contributed by atoms with Crippen molar-refractivity contribution in [1.29, 1.82) is 0 Å². The van der Waals surface area contributed by atoms with Gasteiger partial charge in [0.15, 0.2) is 6.04 Å². The topological polar surface area (TPSA) is 113 Å². The molecular formula is C24H22N2O7S. The molecular weight excluding hydrogens is 460 g/mol. The van der Waals surface area contributed by atoms with Crippen LogP contribution in [0.25, 0.3) is 0 Å². The van der Waals surface area contributed by atoms with Gasteiger partial charge in [-0.3, -0.25) is 19.3 Å². The Balaban J connectivity index is 1.34. The van der Waals surface area contributed by atoms with Gasteiger partial charge in [-0.05, 0) is 36.8 Å². The maximum Gasteiger partial charge on any atom is 0.332 e. The third kappa shape index (κ3) is 3.36. The van der Waals surface area contributed by atoms with E-state index in [1.165, 1.54) is 23.6 Å². The van der Waals surface area contributed by atoms with Crippen LogP contribution in [0, 0.1) is 0 Å². The van der Waals surface area contributed by atoms with Crippen molar-refractivity contribution in [2.75, 3.05) is 12.9 Å². The van der Waals surface area contributed by atoms with Crippen molar-refractivity contribution >= 4 is 35.5 Å². The van der Waals surface area contributed by atoms with Gasteiger partial charge < -0.3 is 19.5 Å². The van der Waals surface area contributed by atoms with Crippen LogP contribution < -0.4 is 4.74 Å². The van der Waals surface area contributed by atoms with Crippen LogP contribution in [-0.4, -0.2) is 74.5 Å². The molecule has 3 aliphatic heterocycles. The molecule has 3 aliphatic rings. The number of thioether (sulfide) groups is 1. The van der Waals surface area contributed by atoms with Gasteiger partial charge in [0, 0.05) is 5.75 Å². The van der Waals surface area contributed by atoms with Crippen LogP contribution in [0.5, 0.6) is 5.75 Å². The first kappa shape index (κ1) is 22.4. The summed E-state index contributed by atoms with van der Waals surface area (Å²) >= 11 is 1.23. The Hall–Kier alpha value is -3.37. The van der Waals surface area contributed by atoms with Crippen molar-refractivity contribution in [2.45, 2.75) is 36.6 Å². The van der Waals surface area contributed by atoms with Gasteiger partial charge in [-0.15, -0.1) is 11.8 Å². The molecule has 2 unspecified atom stereocenters.